The van der Waals surface area contributed by atoms with Crippen molar-refractivity contribution >= 4 is 5.91 Å². The summed E-state index contributed by atoms with van der Waals surface area (Å²) in [5, 5.41) is 3.15. The Balaban J connectivity index is 1.28. The Kier molecular flexibility index (Phi) is 4.86. The van der Waals surface area contributed by atoms with Gasteiger partial charge in [0.1, 0.15) is 0 Å². The van der Waals surface area contributed by atoms with Crippen LogP contribution >= 0.6 is 0 Å². The van der Waals surface area contributed by atoms with Crippen molar-refractivity contribution in [2.75, 3.05) is 39.3 Å². The average molecular weight is 327 g/mol. The van der Waals surface area contributed by atoms with Crippen LogP contribution in [0.15, 0.2) is 30.3 Å². The van der Waals surface area contributed by atoms with E-state index in [1.807, 2.05) is 30.3 Å². The Morgan fingerprint density at radius 1 is 1.12 bits per heavy atom. The van der Waals surface area contributed by atoms with Gasteiger partial charge in [0.25, 0.3) is 5.91 Å². The highest BCUT2D eigenvalue weighted by molar-refractivity contribution is 5.94. The lowest BCUT2D eigenvalue weighted by Gasteiger charge is -2.50. The molecule has 4 saturated heterocycles. The van der Waals surface area contributed by atoms with Crippen molar-refractivity contribution in [3.05, 3.63) is 35.9 Å². The van der Waals surface area contributed by atoms with Gasteiger partial charge in [-0.1, -0.05) is 18.2 Å². The monoisotopic (exact) mass is 327 g/mol. The number of nitrogens with one attached hydrogen (secondary N) is 1. The molecule has 1 aromatic rings. The molecule has 0 radical (unpaired) electrons. The van der Waals surface area contributed by atoms with Crippen molar-refractivity contribution in [2.45, 2.75) is 31.7 Å². The predicted molar refractivity (Wildman–Crippen MR) is 96.0 cm³/mol. The molecule has 5 rings (SSSR count). The number of amides is 1. The fraction of sp³-hybridized carbons (Fsp3) is 0.650. The second kappa shape index (κ2) is 7.24. The summed E-state index contributed by atoms with van der Waals surface area (Å²) in [6, 6.07) is 10.1. The van der Waals surface area contributed by atoms with Crippen molar-refractivity contribution in [1.82, 2.24) is 15.1 Å². The molecule has 0 saturated carbocycles. The minimum absolute atomic E-state index is 0.0619. The third kappa shape index (κ3) is 3.50. The first-order valence-electron chi connectivity index (χ1n) is 9.59. The Hall–Kier alpha value is -1.39. The highest BCUT2D eigenvalue weighted by Gasteiger charge is 2.40. The van der Waals surface area contributed by atoms with Gasteiger partial charge in [-0.15, -0.1) is 0 Å². The number of rotatable bonds is 5. The maximum absolute atomic E-state index is 12.3. The number of carbonyl (C=O) groups excluding carboxylic acids is 1. The summed E-state index contributed by atoms with van der Waals surface area (Å²) in [5.74, 6) is 1.76. The van der Waals surface area contributed by atoms with E-state index in [0.29, 0.717) is 6.04 Å². The van der Waals surface area contributed by atoms with Crippen LogP contribution in [0.25, 0.3) is 0 Å². The number of hydrogen-bond donors (Lipinski definition) is 1. The minimum Gasteiger partial charge on any atom is -0.350 e. The molecule has 4 heterocycles. The molecule has 0 spiro atoms. The summed E-state index contributed by atoms with van der Waals surface area (Å²) < 4.78 is 0. The lowest BCUT2D eigenvalue weighted by molar-refractivity contribution is -0.00904. The van der Waals surface area contributed by atoms with Gasteiger partial charge in [-0.3, -0.25) is 9.69 Å². The van der Waals surface area contributed by atoms with E-state index in [1.54, 1.807) is 0 Å². The van der Waals surface area contributed by atoms with E-state index in [9.17, 15) is 4.79 Å². The van der Waals surface area contributed by atoms with E-state index in [1.165, 1.54) is 58.4 Å². The summed E-state index contributed by atoms with van der Waals surface area (Å²) in [6.07, 6.45) is 5.37. The molecule has 1 N–H and O–H groups in total. The quantitative estimate of drug-likeness (QED) is 0.901. The summed E-state index contributed by atoms with van der Waals surface area (Å²) in [4.78, 5) is 17.5. The molecule has 1 aromatic carbocycles. The Morgan fingerprint density at radius 2 is 1.92 bits per heavy atom. The fourth-order valence-corrected chi connectivity index (χ4v) is 4.87. The molecule has 0 aromatic heterocycles. The summed E-state index contributed by atoms with van der Waals surface area (Å²) in [6.45, 7) is 7.14. The van der Waals surface area contributed by atoms with E-state index in [-0.39, 0.29) is 5.91 Å². The van der Waals surface area contributed by atoms with Gasteiger partial charge in [-0.05, 0) is 69.3 Å². The zero-order valence-corrected chi connectivity index (χ0v) is 14.5. The third-order valence-electron chi connectivity index (χ3n) is 6.24. The number of fused-ring (bicyclic) bond motifs is 3. The van der Waals surface area contributed by atoms with Crippen LogP contribution in [-0.2, 0) is 0 Å². The molecule has 4 heteroatoms. The molecule has 4 fully saturated rings. The largest absolute Gasteiger partial charge is 0.350 e. The van der Waals surface area contributed by atoms with Gasteiger partial charge in [0.05, 0.1) is 0 Å². The van der Waals surface area contributed by atoms with Crippen LogP contribution in [0.2, 0.25) is 0 Å². The second-order valence-electron chi connectivity index (χ2n) is 7.78. The maximum Gasteiger partial charge on any atom is 0.251 e. The minimum atomic E-state index is 0.0619. The zero-order chi connectivity index (χ0) is 16.4. The molecule has 2 bridgehead atoms. The molecule has 4 unspecified atom stereocenters. The van der Waals surface area contributed by atoms with Crippen LogP contribution in [0.1, 0.15) is 36.0 Å². The molecule has 24 heavy (non-hydrogen) atoms. The molecule has 4 nitrogen and oxygen atoms in total. The first-order valence-corrected chi connectivity index (χ1v) is 9.59. The van der Waals surface area contributed by atoms with Gasteiger partial charge in [-0.2, -0.15) is 0 Å². The van der Waals surface area contributed by atoms with Gasteiger partial charge < -0.3 is 10.2 Å². The standard InChI is InChI=1S/C20H29N3O/c24-20(16-6-2-1-3-7-16)21-13-19-12-17-8-11-23(19)15-18(17)14-22-9-4-5-10-22/h1-3,6-7,17-19H,4-5,8-15H2,(H,21,24). The first-order chi connectivity index (χ1) is 11.8. The highest BCUT2D eigenvalue weighted by Crippen LogP contribution is 2.36. The van der Waals surface area contributed by atoms with Crippen LogP contribution in [-0.4, -0.2) is 61.0 Å². The Bertz CT molecular complexity index is 555. The number of likely N-dealkylation sites (tertiary alicyclic amines) is 1. The SMILES string of the molecule is O=C(NCC1CC2CCN1CC2CN1CCCC1)c1ccccc1. The molecular formula is C20H29N3O. The number of nitrogens with zero attached hydrogens (tertiary/aromatic N) is 2. The van der Waals surface area contributed by atoms with Gasteiger partial charge in [0.2, 0.25) is 0 Å². The van der Waals surface area contributed by atoms with E-state index in [4.69, 9.17) is 0 Å². The van der Waals surface area contributed by atoms with Gasteiger partial charge in [0, 0.05) is 31.2 Å². The fourth-order valence-electron chi connectivity index (χ4n) is 4.87. The van der Waals surface area contributed by atoms with Crippen LogP contribution in [0.3, 0.4) is 0 Å². The van der Waals surface area contributed by atoms with Crippen molar-refractivity contribution in [2.24, 2.45) is 11.8 Å². The number of hydrogen-bond acceptors (Lipinski definition) is 3. The van der Waals surface area contributed by atoms with E-state index < -0.39 is 0 Å². The number of benzene rings is 1. The van der Waals surface area contributed by atoms with Gasteiger partial charge >= 0.3 is 0 Å². The Labute approximate surface area is 145 Å². The molecule has 4 atom stereocenters. The molecular weight excluding hydrogens is 298 g/mol. The van der Waals surface area contributed by atoms with Gasteiger partial charge in [-0.25, -0.2) is 0 Å². The summed E-state index contributed by atoms with van der Waals surface area (Å²) >= 11 is 0. The lowest BCUT2D eigenvalue weighted by Crippen LogP contribution is -2.58. The predicted octanol–water partition coefficient (Wildman–Crippen LogP) is 2.22. The van der Waals surface area contributed by atoms with Crippen LogP contribution in [0, 0.1) is 11.8 Å². The molecule has 4 aliphatic rings. The van der Waals surface area contributed by atoms with E-state index in [2.05, 4.69) is 15.1 Å². The van der Waals surface area contributed by atoms with Crippen molar-refractivity contribution in [3.63, 3.8) is 0 Å². The maximum atomic E-state index is 12.3. The lowest BCUT2D eigenvalue weighted by atomic mass is 9.75. The van der Waals surface area contributed by atoms with Crippen molar-refractivity contribution in [3.8, 4) is 0 Å². The number of carbonyl (C=O) groups is 1. The van der Waals surface area contributed by atoms with E-state index >= 15 is 0 Å². The van der Waals surface area contributed by atoms with Crippen molar-refractivity contribution in [1.29, 1.82) is 0 Å². The van der Waals surface area contributed by atoms with Crippen molar-refractivity contribution < 1.29 is 4.79 Å². The van der Waals surface area contributed by atoms with Crippen LogP contribution < -0.4 is 5.32 Å². The second-order valence-corrected chi connectivity index (χ2v) is 7.78. The average Bonchev–Trinajstić information content (AvgIpc) is 3.14. The van der Waals surface area contributed by atoms with Gasteiger partial charge in [0.15, 0.2) is 0 Å². The van der Waals surface area contributed by atoms with E-state index in [0.717, 1.165) is 23.9 Å². The topological polar surface area (TPSA) is 35.6 Å². The molecule has 0 aliphatic carbocycles. The summed E-state index contributed by atoms with van der Waals surface area (Å²) in [5.41, 5.74) is 0.764. The first kappa shape index (κ1) is 16.1. The molecule has 4 aliphatic heterocycles. The third-order valence-corrected chi connectivity index (χ3v) is 6.24. The Morgan fingerprint density at radius 3 is 2.62 bits per heavy atom. The normalized spacial score (nSPS) is 32.8. The highest BCUT2D eigenvalue weighted by atomic mass is 16.1. The summed E-state index contributed by atoms with van der Waals surface area (Å²) in [7, 11) is 0. The number of piperidine rings is 3. The molecule has 1 amide bonds. The van der Waals surface area contributed by atoms with Crippen LogP contribution in [0.4, 0.5) is 0 Å². The molecule has 130 valence electrons. The van der Waals surface area contributed by atoms with Crippen LogP contribution in [0.5, 0.6) is 0 Å². The zero-order valence-electron chi connectivity index (χ0n) is 14.5. The smallest absolute Gasteiger partial charge is 0.251 e.